The lowest BCUT2D eigenvalue weighted by Gasteiger charge is -2.18. The largest absolute Gasteiger partial charge is 0.352 e. The molecule has 0 unspecified atom stereocenters. The zero-order valence-corrected chi connectivity index (χ0v) is 21.0. The number of rotatable bonds is 6. The first-order valence-electron chi connectivity index (χ1n) is 11.1. The molecule has 0 heterocycles. The van der Waals surface area contributed by atoms with Gasteiger partial charge in [0.1, 0.15) is 7.85 Å². The van der Waals surface area contributed by atoms with E-state index in [0.29, 0.717) is 11.3 Å². The Morgan fingerprint density at radius 1 is 0.861 bits per heavy atom. The highest BCUT2D eigenvalue weighted by Gasteiger charge is 2.22. The van der Waals surface area contributed by atoms with Gasteiger partial charge in [-0.2, -0.15) is 0 Å². The third-order valence-corrected chi connectivity index (χ3v) is 5.58. The Morgan fingerprint density at radius 2 is 1.47 bits per heavy atom. The minimum absolute atomic E-state index is 0.0644. The number of hydrogen-bond donors (Lipinski definition) is 3. The summed E-state index contributed by atoms with van der Waals surface area (Å²) >= 11 is 6.19. The van der Waals surface area contributed by atoms with Crippen LogP contribution in [0, 0.1) is 17.0 Å². The molecule has 3 N–H and O–H groups in total. The van der Waals surface area contributed by atoms with Crippen molar-refractivity contribution in [2.45, 2.75) is 27.3 Å². The molecule has 0 bridgehead atoms. The monoisotopic (exact) mass is 511 g/mol. The maximum atomic E-state index is 14.4. The summed E-state index contributed by atoms with van der Waals surface area (Å²) in [6.45, 7) is 5.50. The molecule has 3 aromatic carbocycles. The van der Waals surface area contributed by atoms with Crippen molar-refractivity contribution in [3.05, 3.63) is 87.9 Å². The summed E-state index contributed by atoms with van der Waals surface area (Å²) in [5.41, 5.74) is 0.769. The molecule has 186 valence electrons. The van der Waals surface area contributed by atoms with E-state index >= 15 is 0 Å². The number of carbonyl (C=O) groups excluding carboxylic acids is 3. The molecule has 3 rings (SSSR count). The minimum atomic E-state index is -1.34. The van der Waals surface area contributed by atoms with Crippen LogP contribution in [-0.4, -0.2) is 25.6 Å². The van der Waals surface area contributed by atoms with E-state index in [4.69, 9.17) is 11.6 Å². The van der Waals surface area contributed by atoms with Crippen LogP contribution < -0.4 is 21.4 Å². The van der Waals surface area contributed by atoms with Crippen LogP contribution in [0.15, 0.2) is 54.6 Å². The van der Waals surface area contributed by atoms with E-state index in [2.05, 4.69) is 16.0 Å². The van der Waals surface area contributed by atoms with Gasteiger partial charge in [-0.3, -0.25) is 14.4 Å². The normalized spacial score (nSPS) is 11.1. The molecule has 0 saturated carbocycles. The average molecular weight is 512 g/mol. The van der Waals surface area contributed by atoms with Gasteiger partial charge in [-0.15, -0.1) is 0 Å². The summed E-state index contributed by atoms with van der Waals surface area (Å²) < 4.78 is 28.7. The minimum Gasteiger partial charge on any atom is -0.352 e. The lowest BCUT2D eigenvalue weighted by molar-refractivity contribution is -0.128. The van der Waals surface area contributed by atoms with E-state index in [9.17, 15) is 23.2 Å². The average Bonchev–Trinajstić information content (AvgIpc) is 2.81. The van der Waals surface area contributed by atoms with Crippen LogP contribution in [0.25, 0.3) is 0 Å². The van der Waals surface area contributed by atoms with Crippen LogP contribution in [0.3, 0.4) is 0 Å². The van der Waals surface area contributed by atoms with Crippen LogP contribution in [0.5, 0.6) is 0 Å². The molecule has 0 atom stereocenters. The van der Waals surface area contributed by atoms with Crippen molar-refractivity contribution in [3.8, 4) is 0 Å². The summed E-state index contributed by atoms with van der Waals surface area (Å²) in [7, 11) is 1.87. The van der Waals surface area contributed by atoms with E-state index < -0.39 is 34.4 Å². The van der Waals surface area contributed by atoms with Crippen LogP contribution in [-0.2, 0) is 11.3 Å². The van der Waals surface area contributed by atoms with Gasteiger partial charge in [0.2, 0.25) is 5.91 Å². The Balaban J connectivity index is 1.79. The highest BCUT2D eigenvalue weighted by Crippen LogP contribution is 2.23. The molecule has 36 heavy (non-hydrogen) atoms. The second kappa shape index (κ2) is 10.9. The van der Waals surface area contributed by atoms with Crippen molar-refractivity contribution in [3.63, 3.8) is 0 Å². The first-order chi connectivity index (χ1) is 16.8. The van der Waals surface area contributed by atoms with Crippen molar-refractivity contribution in [2.75, 3.05) is 10.6 Å². The van der Waals surface area contributed by atoms with E-state index in [1.807, 2.05) is 7.85 Å². The highest BCUT2D eigenvalue weighted by atomic mass is 35.5. The Morgan fingerprint density at radius 3 is 2.11 bits per heavy atom. The molecule has 10 heteroatoms. The smallest absolute Gasteiger partial charge is 0.258 e. The predicted molar refractivity (Wildman–Crippen MR) is 140 cm³/mol. The predicted octanol–water partition coefficient (Wildman–Crippen LogP) is 4.04. The number of nitrogens with one attached hydrogen (secondary N) is 3. The van der Waals surface area contributed by atoms with Gasteiger partial charge in [-0.1, -0.05) is 56.0 Å². The lowest BCUT2D eigenvalue weighted by atomic mass is 9.95. The maximum absolute atomic E-state index is 14.4. The Kier molecular flexibility index (Phi) is 8.15. The van der Waals surface area contributed by atoms with E-state index in [1.54, 1.807) is 51.1 Å². The van der Waals surface area contributed by atoms with Gasteiger partial charge in [0.25, 0.3) is 11.8 Å². The van der Waals surface area contributed by atoms with Crippen molar-refractivity contribution in [1.29, 1.82) is 0 Å². The van der Waals surface area contributed by atoms with Gasteiger partial charge in [0.05, 0.1) is 16.1 Å². The summed E-state index contributed by atoms with van der Waals surface area (Å²) in [4.78, 5) is 37.6. The Labute approximate surface area is 213 Å². The number of benzene rings is 3. The summed E-state index contributed by atoms with van der Waals surface area (Å²) in [5.74, 6) is -4.37. The number of amides is 3. The van der Waals surface area contributed by atoms with Crippen molar-refractivity contribution in [2.24, 2.45) is 5.41 Å². The number of anilines is 2. The molecule has 3 amide bonds. The van der Waals surface area contributed by atoms with Crippen LogP contribution in [0.2, 0.25) is 5.02 Å². The van der Waals surface area contributed by atoms with Gasteiger partial charge < -0.3 is 16.0 Å². The zero-order chi connectivity index (χ0) is 26.6. The highest BCUT2D eigenvalue weighted by molar-refractivity contribution is 6.34. The first-order valence-corrected chi connectivity index (χ1v) is 11.5. The van der Waals surface area contributed by atoms with Crippen molar-refractivity contribution >= 4 is 54.0 Å². The third-order valence-electron chi connectivity index (χ3n) is 5.25. The summed E-state index contributed by atoms with van der Waals surface area (Å²) in [6, 6.07) is 13.3. The molecule has 0 aliphatic rings. The first kappa shape index (κ1) is 26.9. The molecule has 0 radical (unpaired) electrons. The summed E-state index contributed by atoms with van der Waals surface area (Å²) in [6.07, 6.45) is 0. The molecule has 0 fully saturated rings. The quantitative estimate of drug-likeness (QED) is 0.437. The molecule has 0 aliphatic carbocycles. The molecule has 0 aliphatic heterocycles. The molecule has 0 saturated heterocycles. The van der Waals surface area contributed by atoms with E-state index in [-0.39, 0.29) is 28.7 Å². The van der Waals surface area contributed by atoms with Gasteiger partial charge >= 0.3 is 0 Å². The molecule has 0 spiro atoms. The lowest BCUT2D eigenvalue weighted by Crippen LogP contribution is -2.34. The fourth-order valence-electron chi connectivity index (χ4n) is 3.16. The van der Waals surface area contributed by atoms with Gasteiger partial charge in [-0.05, 0) is 35.9 Å². The van der Waals surface area contributed by atoms with Crippen molar-refractivity contribution in [1.82, 2.24) is 5.32 Å². The molecule has 6 nitrogen and oxygen atoms in total. The number of hydrogen-bond acceptors (Lipinski definition) is 3. The zero-order valence-electron chi connectivity index (χ0n) is 20.3. The Bertz CT molecular complexity index is 1330. The standard InChI is InChI=1S/C26H25BClF2N3O3/c1-26(2,3)25(36)31-13-14-4-9-20(28)18(10-14)23(34)33-17-11-19(22(30)21(29)12-17)24(35)32-16-7-5-15(27)6-8-16/h4-12H,13,27H2,1-3H3,(H,31,36)(H,32,35)(H,33,34). The molecule has 0 aromatic heterocycles. The SMILES string of the molecule is Bc1ccc(NC(=O)c2cc(NC(=O)c3cc(CNC(=O)C(C)(C)C)ccc3Cl)cc(F)c2F)cc1. The van der Waals surface area contributed by atoms with Crippen LogP contribution in [0.1, 0.15) is 47.1 Å². The molecule has 3 aromatic rings. The maximum Gasteiger partial charge on any atom is 0.258 e. The van der Waals surface area contributed by atoms with Gasteiger partial charge in [-0.25, -0.2) is 8.78 Å². The van der Waals surface area contributed by atoms with Crippen LogP contribution in [0.4, 0.5) is 20.2 Å². The fourth-order valence-corrected chi connectivity index (χ4v) is 3.37. The second-order valence-electron chi connectivity index (χ2n) is 9.34. The van der Waals surface area contributed by atoms with Crippen LogP contribution >= 0.6 is 11.6 Å². The molecular weight excluding hydrogens is 487 g/mol. The van der Waals surface area contributed by atoms with E-state index in [0.717, 1.165) is 17.6 Å². The fraction of sp³-hybridized carbons (Fsp3) is 0.192. The summed E-state index contributed by atoms with van der Waals surface area (Å²) in [5, 5.41) is 7.86. The van der Waals surface area contributed by atoms with Gasteiger partial charge in [0.15, 0.2) is 11.6 Å². The number of carbonyl (C=O) groups is 3. The third kappa shape index (κ3) is 6.69. The topological polar surface area (TPSA) is 87.3 Å². The molecular formula is C26H25BClF2N3O3. The number of halogens is 3. The Hall–Kier alpha value is -3.72. The second-order valence-corrected chi connectivity index (χ2v) is 9.75. The van der Waals surface area contributed by atoms with Crippen molar-refractivity contribution < 1.29 is 23.2 Å². The van der Waals surface area contributed by atoms with E-state index in [1.165, 1.54) is 12.1 Å². The van der Waals surface area contributed by atoms with Gasteiger partial charge in [0, 0.05) is 29.4 Å².